The van der Waals surface area contributed by atoms with Crippen LogP contribution < -0.4 is 5.09 Å². The van der Waals surface area contributed by atoms with E-state index in [1.807, 2.05) is 13.8 Å². The highest BCUT2D eigenvalue weighted by Gasteiger charge is 2.23. The maximum Gasteiger partial charge on any atom is 0.342 e. The van der Waals surface area contributed by atoms with E-state index in [1.165, 1.54) is 12.1 Å². The Hall–Kier alpha value is -1.84. The third-order valence-electron chi connectivity index (χ3n) is 3.46. The van der Waals surface area contributed by atoms with Gasteiger partial charge in [-0.25, -0.2) is 4.79 Å². The fraction of sp³-hybridized carbons (Fsp3) is 0.500. The van der Waals surface area contributed by atoms with Crippen LogP contribution in [0.2, 0.25) is 0 Å². The highest BCUT2D eigenvalue weighted by molar-refractivity contribution is 7.59. The Balaban J connectivity index is 2.80. The third-order valence-corrected chi connectivity index (χ3v) is 4.83. The van der Waals surface area contributed by atoms with Gasteiger partial charge in [0, 0.05) is 31.4 Å². The number of aliphatic hydroxyl groups excluding tert-OH is 2. The van der Waals surface area contributed by atoms with Gasteiger partial charge in [-0.1, -0.05) is 0 Å². The van der Waals surface area contributed by atoms with Crippen molar-refractivity contribution in [3.05, 3.63) is 23.8 Å². The van der Waals surface area contributed by atoms with E-state index in [1.54, 1.807) is 13.0 Å². The number of esters is 1. The Morgan fingerprint density at radius 1 is 1.38 bits per heavy atom. The molecule has 0 aliphatic rings. The molecule has 2 atom stereocenters. The highest BCUT2D eigenvalue weighted by Crippen LogP contribution is 2.42. The van der Waals surface area contributed by atoms with Gasteiger partial charge >= 0.3 is 5.97 Å². The van der Waals surface area contributed by atoms with E-state index in [-0.39, 0.29) is 24.5 Å². The van der Waals surface area contributed by atoms with Gasteiger partial charge in [0.05, 0.1) is 5.60 Å². The van der Waals surface area contributed by atoms with Crippen molar-refractivity contribution in [2.75, 3.05) is 18.3 Å². The van der Waals surface area contributed by atoms with Crippen LogP contribution in [0.4, 0.5) is 5.69 Å². The normalized spacial score (nSPS) is 13.5. The molecule has 144 valence electrons. The summed E-state index contributed by atoms with van der Waals surface area (Å²) in [6.07, 6.45) is 5.78. The molecule has 2 unspecified atom stereocenters. The number of rotatable bonds is 10. The molecule has 1 rings (SSSR count). The summed E-state index contributed by atoms with van der Waals surface area (Å²) >= 11 is 0. The Kier molecular flexibility index (Phi) is 8.83. The fourth-order valence-corrected chi connectivity index (χ4v) is 3.14. The van der Waals surface area contributed by atoms with Gasteiger partial charge in [0.1, 0.15) is 17.4 Å². The number of ether oxygens (including phenoxy) is 1. The molecule has 0 heterocycles. The number of hydrogen-bond donors (Lipinski definition) is 4. The number of benzene rings is 1. The fourth-order valence-electron chi connectivity index (χ4n) is 2.02. The summed E-state index contributed by atoms with van der Waals surface area (Å²) in [6.45, 7) is 5.19. The van der Waals surface area contributed by atoms with Crippen molar-refractivity contribution in [1.82, 2.24) is 0 Å². The van der Waals surface area contributed by atoms with Crippen LogP contribution in [0, 0.1) is 12.1 Å². The average molecular weight is 383 g/mol. The van der Waals surface area contributed by atoms with Gasteiger partial charge in [0.25, 0.3) is 0 Å². The zero-order chi connectivity index (χ0) is 19.7. The summed E-state index contributed by atoms with van der Waals surface area (Å²) in [5.74, 6) is -0.924. The number of terminal acetylenes is 1. The summed E-state index contributed by atoms with van der Waals surface area (Å²) in [6, 6.07) is 4.37. The Morgan fingerprint density at radius 3 is 2.62 bits per heavy atom. The molecule has 1 aromatic carbocycles. The van der Waals surface area contributed by atoms with Crippen molar-refractivity contribution in [1.29, 1.82) is 0 Å². The summed E-state index contributed by atoms with van der Waals surface area (Å²) in [5.41, 5.74) is 2.42. The minimum absolute atomic E-state index is 0.0203. The van der Waals surface area contributed by atoms with Crippen LogP contribution in [0.25, 0.3) is 0 Å². The second kappa shape index (κ2) is 10.3. The van der Waals surface area contributed by atoms with Crippen LogP contribution in [0.15, 0.2) is 18.2 Å². The number of aromatic hydroxyl groups is 1. The Bertz CT molecular complexity index is 643. The van der Waals surface area contributed by atoms with Crippen LogP contribution >= 0.6 is 8.30 Å². The highest BCUT2D eigenvalue weighted by atomic mass is 31.2. The number of phenolic OH excluding ortho intramolecular Hbond substituents is 1. The lowest BCUT2D eigenvalue weighted by molar-refractivity contribution is 0.0286. The topological polar surface area (TPSA) is 108 Å². The minimum Gasteiger partial charge on any atom is -0.507 e. The van der Waals surface area contributed by atoms with E-state index in [2.05, 4.69) is 10.7 Å². The number of anilines is 1. The minimum atomic E-state index is -1.48. The molecule has 0 radical (unpaired) electrons. The van der Waals surface area contributed by atoms with E-state index in [0.717, 1.165) is 0 Å². The van der Waals surface area contributed by atoms with Crippen LogP contribution in [-0.4, -0.2) is 46.2 Å². The van der Waals surface area contributed by atoms with Crippen LogP contribution in [-0.2, 0) is 9.26 Å². The molecule has 0 saturated heterocycles. The van der Waals surface area contributed by atoms with Gasteiger partial charge in [-0.2, -0.15) is 0 Å². The van der Waals surface area contributed by atoms with E-state index in [9.17, 15) is 9.90 Å². The molecule has 8 heteroatoms. The first-order valence-corrected chi connectivity index (χ1v) is 9.46. The van der Waals surface area contributed by atoms with Crippen LogP contribution in [0.5, 0.6) is 5.75 Å². The Morgan fingerprint density at radius 2 is 2.08 bits per heavy atom. The largest absolute Gasteiger partial charge is 0.507 e. The lowest BCUT2D eigenvalue weighted by Gasteiger charge is -2.27. The average Bonchev–Trinajstić information content (AvgIpc) is 2.53. The lowest BCUT2D eigenvalue weighted by atomic mass is 10.1. The maximum atomic E-state index is 12.0. The SMILES string of the molecule is C#CP(Nc1ccc(C(=O)OC(C)CCO)c(O)c1)OC(C)(C)CCO. The molecule has 4 N–H and O–H groups in total. The summed E-state index contributed by atoms with van der Waals surface area (Å²) in [7, 11) is -1.48. The number of phenols is 1. The predicted octanol–water partition coefficient (Wildman–Crippen LogP) is 2.81. The van der Waals surface area contributed by atoms with Gasteiger partial charge in [0.15, 0.2) is 0 Å². The zero-order valence-electron chi connectivity index (χ0n) is 15.2. The zero-order valence-corrected chi connectivity index (χ0v) is 16.1. The molecule has 0 fully saturated rings. The first kappa shape index (κ1) is 22.2. The van der Waals surface area contributed by atoms with E-state index in [0.29, 0.717) is 18.5 Å². The molecule has 26 heavy (non-hydrogen) atoms. The first-order valence-electron chi connectivity index (χ1n) is 8.20. The first-order chi connectivity index (χ1) is 12.2. The monoisotopic (exact) mass is 383 g/mol. The smallest absolute Gasteiger partial charge is 0.342 e. The van der Waals surface area contributed by atoms with Gasteiger partial charge in [-0.15, -0.1) is 6.42 Å². The standard InChI is InChI=1S/C18H26NO6P/c1-5-26(25-18(3,4)9-11-21)19-14-6-7-15(16(22)12-14)17(23)24-13(2)8-10-20/h1,6-7,12-13,19-22H,8-11H2,2-4H3. The van der Waals surface area contributed by atoms with Crippen LogP contribution in [0.3, 0.4) is 0 Å². The van der Waals surface area contributed by atoms with Gasteiger partial charge in [0.2, 0.25) is 8.30 Å². The molecule has 7 nitrogen and oxygen atoms in total. The van der Waals surface area contributed by atoms with Crippen molar-refractivity contribution in [3.63, 3.8) is 0 Å². The van der Waals surface area contributed by atoms with Crippen molar-refractivity contribution in [3.8, 4) is 17.8 Å². The van der Waals surface area contributed by atoms with Gasteiger partial charge in [-0.3, -0.25) is 0 Å². The van der Waals surface area contributed by atoms with Gasteiger partial charge in [-0.05, 0) is 45.0 Å². The quantitative estimate of drug-likeness (QED) is 0.279. The van der Waals surface area contributed by atoms with Crippen LogP contribution in [0.1, 0.15) is 44.0 Å². The van der Waals surface area contributed by atoms with E-state index in [4.69, 9.17) is 25.9 Å². The molecule has 0 aliphatic heterocycles. The van der Waals surface area contributed by atoms with E-state index >= 15 is 0 Å². The molecular weight excluding hydrogens is 357 g/mol. The van der Waals surface area contributed by atoms with E-state index < -0.39 is 26.0 Å². The molecule has 1 aromatic rings. The summed E-state index contributed by atoms with van der Waals surface area (Å²) < 4.78 is 10.9. The second-order valence-electron chi connectivity index (χ2n) is 6.32. The summed E-state index contributed by atoms with van der Waals surface area (Å²) in [4.78, 5) is 12.0. The maximum absolute atomic E-state index is 12.0. The summed E-state index contributed by atoms with van der Waals surface area (Å²) in [5, 5.41) is 31.0. The Labute approximate surface area is 155 Å². The molecule has 0 aliphatic carbocycles. The van der Waals surface area contributed by atoms with Gasteiger partial charge < -0.3 is 29.7 Å². The third kappa shape index (κ3) is 7.19. The molecule has 0 saturated carbocycles. The van der Waals surface area contributed by atoms with Crippen molar-refractivity contribution in [2.45, 2.75) is 45.3 Å². The lowest BCUT2D eigenvalue weighted by Crippen LogP contribution is -2.24. The number of aliphatic hydroxyl groups is 2. The predicted molar refractivity (Wildman–Crippen MR) is 101 cm³/mol. The molecular formula is C18H26NO6P. The molecule has 0 spiro atoms. The molecule has 0 aromatic heterocycles. The number of nitrogens with one attached hydrogen (secondary N) is 1. The second-order valence-corrected chi connectivity index (χ2v) is 7.57. The van der Waals surface area contributed by atoms with Crippen molar-refractivity contribution in [2.24, 2.45) is 0 Å². The number of carbonyl (C=O) groups excluding carboxylic acids is 1. The van der Waals surface area contributed by atoms with Crippen molar-refractivity contribution >= 4 is 20.0 Å². The van der Waals surface area contributed by atoms with Crippen molar-refractivity contribution < 1.29 is 29.4 Å². The number of carbonyl (C=O) groups is 1. The molecule has 0 bridgehead atoms. The number of hydrogen-bond acceptors (Lipinski definition) is 7. The molecule has 0 amide bonds.